The summed E-state index contributed by atoms with van der Waals surface area (Å²) >= 11 is 0. The maximum Gasteiger partial charge on any atom is 0.139 e. The van der Waals surface area contributed by atoms with Gasteiger partial charge in [-0.25, -0.2) is 4.98 Å². The molecule has 0 atom stereocenters. The molecule has 0 aliphatic carbocycles. The van der Waals surface area contributed by atoms with Gasteiger partial charge < -0.3 is 15.1 Å². The molecule has 2 aromatic heterocycles. The third-order valence-electron chi connectivity index (χ3n) is 3.37. The van der Waals surface area contributed by atoms with E-state index < -0.39 is 0 Å². The molecular formula is C16H17N3O. The summed E-state index contributed by atoms with van der Waals surface area (Å²) in [5, 5.41) is 1.03. The van der Waals surface area contributed by atoms with E-state index in [1.165, 1.54) is 5.56 Å². The van der Waals surface area contributed by atoms with Crippen LogP contribution in [-0.2, 0) is 13.1 Å². The molecule has 4 nitrogen and oxygen atoms in total. The van der Waals surface area contributed by atoms with Gasteiger partial charge in [-0.2, -0.15) is 0 Å². The van der Waals surface area contributed by atoms with Crippen molar-refractivity contribution in [2.75, 3.05) is 11.9 Å². The zero-order valence-electron chi connectivity index (χ0n) is 11.4. The number of hydrogen-bond donors (Lipinski definition) is 1. The number of aromatic nitrogens is 1. The van der Waals surface area contributed by atoms with E-state index in [9.17, 15) is 0 Å². The van der Waals surface area contributed by atoms with E-state index in [1.54, 1.807) is 12.5 Å². The summed E-state index contributed by atoms with van der Waals surface area (Å²) in [5.41, 5.74) is 8.91. The van der Waals surface area contributed by atoms with E-state index in [0.29, 0.717) is 6.54 Å². The van der Waals surface area contributed by atoms with Gasteiger partial charge in [-0.15, -0.1) is 0 Å². The monoisotopic (exact) mass is 267 g/mol. The molecule has 0 amide bonds. The Morgan fingerprint density at radius 2 is 2.05 bits per heavy atom. The number of rotatable bonds is 4. The smallest absolute Gasteiger partial charge is 0.139 e. The Labute approximate surface area is 117 Å². The number of anilines is 1. The first-order valence-corrected chi connectivity index (χ1v) is 6.59. The van der Waals surface area contributed by atoms with Gasteiger partial charge in [0.2, 0.25) is 0 Å². The van der Waals surface area contributed by atoms with Gasteiger partial charge in [-0.05, 0) is 23.3 Å². The number of benzene rings is 1. The second kappa shape index (κ2) is 5.35. The van der Waals surface area contributed by atoms with Crippen LogP contribution in [0, 0.1) is 0 Å². The van der Waals surface area contributed by atoms with Crippen molar-refractivity contribution in [1.29, 1.82) is 0 Å². The van der Waals surface area contributed by atoms with Gasteiger partial charge in [-0.1, -0.05) is 24.3 Å². The van der Waals surface area contributed by atoms with Crippen molar-refractivity contribution in [3.8, 4) is 0 Å². The SMILES string of the molecule is CN(Cc1cccc(CN)c1)c1nccc2occc12. The van der Waals surface area contributed by atoms with Crippen LogP contribution in [-0.4, -0.2) is 12.0 Å². The van der Waals surface area contributed by atoms with Crippen molar-refractivity contribution in [3.63, 3.8) is 0 Å². The van der Waals surface area contributed by atoms with Gasteiger partial charge >= 0.3 is 0 Å². The molecule has 4 heteroatoms. The highest BCUT2D eigenvalue weighted by atomic mass is 16.3. The van der Waals surface area contributed by atoms with E-state index in [0.717, 1.165) is 28.9 Å². The maximum atomic E-state index is 5.68. The molecule has 0 saturated heterocycles. The molecular weight excluding hydrogens is 250 g/mol. The van der Waals surface area contributed by atoms with Gasteiger partial charge in [0.25, 0.3) is 0 Å². The fourth-order valence-corrected chi connectivity index (χ4v) is 2.39. The average molecular weight is 267 g/mol. The predicted octanol–water partition coefficient (Wildman–Crippen LogP) is 2.92. The van der Waals surface area contributed by atoms with Gasteiger partial charge in [0.05, 0.1) is 11.6 Å². The maximum absolute atomic E-state index is 5.68. The molecule has 0 bridgehead atoms. The summed E-state index contributed by atoms with van der Waals surface area (Å²) in [6.07, 6.45) is 3.46. The number of fused-ring (bicyclic) bond motifs is 1. The van der Waals surface area contributed by atoms with Crippen LogP contribution < -0.4 is 10.6 Å². The number of hydrogen-bond acceptors (Lipinski definition) is 4. The van der Waals surface area contributed by atoms with E-state index in [-0.39, 0.29) is 0 Å². The molecule has 2 N–H and O–H groups in total. The lowest BCUT2D eigenvalue weighted by Gasteiger charge is -2.19. The molecule has 0 spiro atoms. The van der Waals surface area contributed by atoms with Crippen LogP contribution in [0.25, 0.3) is 11.0 Å². The van der Waals surface area contributed by atoms with Crippen LogP contribution in [0.5, 0.6) is 0 Å². The van der Waals surface area contributed by atoms with Gasteiger partial charge in [0.15, 0.2) is 0 Å². The lowest BCUT2D eigenvalue weighted by atomic mass is 10.1. The Hall–Kier alpha value is -2.33. The summed E-state index contributed by atoms with van der Waals surface area (Å²) in [6.45, 7) is 1.35. The van der Waals surface area contributed by atoms with Crippen molar-refractivity contribution in [3.05, 3.63) is 60.0 Å². The molecule has 0 aliphatic heterocycles. The topological polar surface area (TPSA) is 55.3 Å². The van der Waals surface area contributed by atoms with Crippen LogP contribution in [0.15, 0.2) is 53.3 Å². The highest BCUT2D eigenvalue weighted by molar-refractivity contribution is 5.88. The number of furan rings is 1. The Morgan fingerprint density at radius 1 is 1.20 bits per heavy atom. The minimum Gasteiger partial charge on any atom is -0.464 e. The fraction of sp³-hybridized carbons (Fsp3) is 0.188. The highest BCUT2D eigenvalue weighted by Gasteiger charge is 2.10. The number of pyridine rings is 1. The van der Waals surface area contributed by atoms with Gasteiger partial charge in [-0.3, -0.25) is 0 Å². The molecule has 102 valence electrons. The highest BCUT2D eigenvalue weighted by Crippen LogP contribution is 2.25. The number of nitrogens with zero attached hydrogens (tertiary/aromatic N) is 2. The second-order valence-corrected chi connectivity index (χ2v) is 4.85. The number of nitrogens with two attached hydrogens (primary N) is 1. The van der Waals surface area contributed by atoms with Crippen LogP contribution >= 0.6 is 0 Å². The molecule has 0 radical (unpaired) electrons. The first kappa shape index (κ1) is 12.7. The van der Waals surface area contributed by atoms with Crippen LogP contribution in [0.4, 0.5) is 5.82 Å². The van der Waals surface area contributed by atoms with Crippen molar-refractivity contribution >= 4 is 16.8 Å². The quantitative estimate of drug-likeness (QED) is 0.789. The summed E-state index contributed by atoms with van der Waals surface area (Å²) in [4.78, 5) is 6.58. The summed E-state index contributed by atoms with van der Waals surface area (Å²) in [6, 6.07) is 12.1. The van der Waals surface area contributed by atoms with Crippen molar-refractivity contribution in [2.24, 2.45) is 5.73 Å². The zero-order chi connectivity index (χ0) is 13.9. The summed E-state index contributed by atoms with van der Waals surface area (Å²) < 4.78 is 5.41. The summed E-state index contributed by atoms with van der Waals surface area (Å²) in [5.74, 6) is 0.925. The molecule has 20 heavy (non-hydrogen) atoms. The van der Waals surface area contributed by atoms with Crippen molar-refractivity contribution in [2.45, 2.75) is 13.1 Å². The molecule has 0 unspecified atom stereocenters. The Morgan fingerprint density at radius 3 is 2.90 bits per heavy atom. The minimum atomic E-state index is 0.563. The first-order valence-electron chi connectivity index (χ1n) is 6.59. The molecule has 3 aromatic rings. The first-order chi connectivity index (χ1) is 9.78. The third-order valence-corrected chi connectivity index (χ3v) is 3.37. The molecule has 0 aliphatic rings. The fourth-order valence-electron chi connectivity index (χ4n) is 2.39. The van der Waals surface area contributed by atoms with Crippen LogP contribution in [0.2, 0.25) is 0 Å². The molecule has 0 saturated carbocycles. The van der Waals surface area contributed by atoms with Gasteiger partial charge in [0.1, 0.15) is 11.4 Å². The standard InChI is InChI=1S/C16H17N3O/c1-19(11-13-4-2-3-12(9-13)10-17)16-14-6-8-20-15(14)5-7-18-16/h2-9H,10-11,17H2,1H3. The Kier molecular flexibility index (Phi) is 3.39. The normalized spacial score (nSPS) is 10.9. The Bertz CT molecular complexity index is 720. The lowest BCUT2D eigenvalue weighted by Crippen LogP contribution is -2.18. The third kappa shape index (κ3) is 2.38. The van der Waals surface area contributed by atoms with E-state index in [2.05, 4.69) is 22.0 Å². The van der Waals surface area contributed by atoms with E-state index >= 15 is 0 Å². The second-order valence-electron chi connectivity index (χ2n) is 4.85. The molecule has 3 rings (SSSR count). The van der Waals surface area contributed by atoms with E-state index in [4.69, 9.17) is 10.2 Å². The average Bonchev–Trinajstić information content (AvgIpc) is 2.95. The zero-order valence-corrected chi connectivity index (χ0v) is 11.4. The predicted molar refractivity (Wildman–Crippen MR) is 80.4 cm³/mol. The molecule has 0 fully saturated rings. The summed E-state index contributed by atoms with van der Waals surface area (Å²) in [7, 11) is 2.03. The van der Waals surface area contributed by atoms with Crippen LogP contribution in [0.3, 0.4) is 0 Å². The van der Waals surface area contributed by atoms with E-state index in [1.807, 2.05) is 31.3 Å². The Balaban J connectivity index is 1.88. The molecule has 2 heterocycles. The van der Waals surface area contributed by atoms with Crippen molar-refractivity contribution in [1.82, 2.24) is 4.98 Å². The molecule has 1 aromatic carbocycles. The largest absolute Gasteiger partial charge is 0.464 e. The lowest BCUT2D eigenvalue weighted by molar-refractivity contribution is 0.615. The van der Waals surface area contributed by atoms with Gasteiger partial charge in [0, 0.05) is 26.3 Å². The van der Waals surface area contributed by atoms with Crippen molar-refractivity contribution < 1.29 is 4.42 Å². The minimum absolute atomic E-state index is 0.563. The van der Waals surface area contributed by atoms with Crippen LogP contribution in [0.1, 0.15) is 11.1 Å².